The quantitative estimate of drug-likeness (QED) is 0.503. The Morgan fingerprint density at radius 1 is 1.21 bits per heavy atom. The molecule has 0 unspecified atom stereocenters. The smallest absolute Gasteiger partial charge is 0.277 e. The molecule has 128 valence electrons. The average Bonchev–Trinajstić information content (AvgIpc) is 2.50. The van der Waals surface area contributed by atoms with Crippen LogP contribution < -0.4 is 10.2 Å². The predicted molar refractivity (Wildman–Crippen MR) is 106 cm³/mol. The Bertz CT molecular complexity index is 795. The minimum Gasteiger partial charge on any atom is -0.483 e. The first-order valence-corrected chi connectivity index (χ1v) is 9.11. The third-order valence-corrected chi connectivity index (χ3v) is 4.98. The molecule has 0 aromatic heterocycles. The number of hydrogen-bond donors (Lipinski definition) is 1. The van der Waals surface area contributed by atoms with Crippen molar-refractivity contribution < 1.29 is 9.53 Å². The maximum atomic E-state index is 11.9. The van der Waals surface area contributed by atoms with Crippen LogP contribution in [0.15, 0.2) is 44.4 Å². The van der Waals surface area contributed by atoms with Gasteiger partial charge >= 0.3 is 0 Å². The second-order valence-corrected chi connectivity index (χ2v) is 8.22. The molecule has 2 rings (SSSR count). The standard InChI is InChI=1S/C18H20Br2N2O2/c1-11(18(2,3)4)21-22-16(23)10-24-15-8-5-12-9-13(19)6-7-14(12)17(15)20/h5-9H,10H2,1-4H3,(H,22,23). The number of nitrogens with one attached hydrogen (secondary N) is 1. The van der Waals surface area contributed by atoms with Crippen LogP contribution in [0.3, 0.4) is 0 Å². The first kappa shape index (κ1) is 18.9. The molecule has 0 aliphatic rings. The summed E-state index contributed by atoms with van der Waals surface area (Å²) in [6.45, 7) is 7.91. The summed E-state index contributed by atoms with van der Waals surface area (Å²) < 4.78 is 7.46. The van der Waals surface area contributed by atoms with E-state index in [2.05, 4.69) is 42.4 Å². The molecule has 0 saturated carbocycles. The summed E-state index contributed by atoms with van der Waals surface area (Å²) in [5.74, 6) is 0.331. The number of ether oxygens (including phenoxy) is 1. The van der Waals surface area contributed by atoms with E-state index in [0.717, 1.165) is 25.4 Å². The topological polar surface area (TPSA) is 50.7 Å². The van der Waals surface area contributed by atoms with Crippen LogP contribution in [0.4, 0.5) is 0 Å². The van der Waals surface area contributed by atoms with Crippen LogP contribution in [-0.4, -0.2) is 18.2 Å². The van der Waals surface area contributed by atoms with E-state index < -0.39 is 0 Å². The van der Waals surface area contributed by atoms with Crippen molar-refractivity contribution in [2.24, 2.45) is 10.5 Å². The molecule has 0 heterocycles. The minimum absolute atomic E-state index is 0.0796. The summed E-state index contributed by atoms with van der Waals surface area (Å²) >= 11 is 7.00. The molecule has 0 saturated heterocycles. The van der Waals surface area contributed by atoms with Crippen LogP contribution in [0.5, 0.6) is 5.75 Å². The van der Waals surface area contributed by atoms with E-state index in [1.165, 1.54) is 0 Å². The largest absolute Gasteiger partial charge is 0.483 e. The number of halogens is 2. The van der Waals surface area contributed by atoms with Crippen molar-refractivity contribution in [1.29, 1.82) is 0 Å². The highest BCUT2D eigenvalue weighted by Crippen LogP contribution is 2.34. The first-order valence-electron chi connectivity index (χ1n) is 7.52. The first-order chi connectivity index (χ1) is 11.2. The van der Waals surface area contributed by atoms with Gasteiger partial charge in [-0.3, -0.25) is 4.79 Å². The lowest BCUT2D eigenvalue weighted by Crippen LogP contribution is -2.28. The molecule has 2 aromatic carbocycles. The zero-order valence-corrected chi connectivity index (χ0v) is 17.3. The van der Waals surface area contributed by atoms with Gasteiger partial charge in [0.25, 0.3) is 5.91 Å². The van der Waals surface area contributed by atoms with E-state index in [-0.39, 0.29) is 17.9 Å². The van der Waals surface area contributed by atoms with Gasteiger partial charge in [0.2, 0.25) is 0 Å². The maximum Gasteiger partial charge on any atom is 0.277 e. The molecular weight excluding hydrogens is 436 g/mol. The van der Waals surface area contributed by atoms with Gasteiger partial charge in [-0.25, -0.2) is 5.43 Å². The monoisotopic (exact) mass is 454 g/mol. The summed E-state index contributed by atoms with van der Waals surface area (Å²) in [5, 5.41) is 6.22. The van der Waals surface area contributed by atoms with Gasteiger partial charge in [-0.1, -0.05) is 48.8 Å². The molecular formula is C18H20Br2N2O2. The summed E-state index contributed by atoms with van der Waals surface area (Å²) in [5.41, 5.74) is 3.30. The zero-order valence-electron chi connectivity index (χ0n) is 14.1. The van der Waals surface area contributed by atoms with Gasteiger partial charge in [0.15, 0.2) is 6.61 Å². The van der Waals surface area contributed by atoms with Crippen LogP contribution in [0, 0.1) is 5.41 Å². The molecule has 0 spiro atoms. The van der Waals surface area contributed by atoms with Crippen LogP contribution >= 0.6 is 31.9 Å². The molecule has 1 amide bonds. The second-order valence-electron chi connectivity index (χ2n) is 6.51. The number of carbonyl (C=O) groups is 1. The molecule has 2 aromatic rings. The molecule has 1 N–H and O–H groups in total. The van der Waals surface area contributed by atoms with Gasteiger partial charge in [0, 0.05) is 15.6 Å². The Morgan fingerprint density at radius 2 is 1.92 bits per heavy atom. The maximum absolute atomic E-state index is 11.9. The lowest BCUT2D eigenvalue weighted by molar-refractivity contribution is -0.123. The molecule has 6 heteroatoms. The Labute approximate surface area is 158 Å². The number of carbonyl (C=O) groups excluding carboxylic acids is 1. The third-order valence-electron chi connectivity index (χ3n) is 3.67. The summed E-state index contributed by atoms with van der Waals surface area (Å²) in [6, 6.07) is 9.79. The lowest BCUT2D eigenvalue weighted by Gasteiger charge is -2.17. The average molecular weight is 456 g/mol. The van der Waals surface area contributed by atoms with Crippen LogP contribution in [0.2, 0.25) is 0 Å². The predicted octanol–water partition coefficient (Wildman–Crippen LogP) is 5.28. The fraction of sp³-hybridized carbons (Fsp3) is 0.333. The van der Waals surface area contributed by atoms with Gasteiger partial charge in [0.1, 0.15) is 5.75 Å². The molecule has 0 aliphatic carbocycles. The van der Waals surface area contributed by atoms with Gasteiger partial charge < -0.3 is 4.74 Å². The Morgan fingerprint density at radius 3 is 2.58 bits per heavy atom. The Balaban J connectivity index is 2.04. The van der Waals surface area contributed by atoms with Crippen molar-refractivity contribution in [3.63, 3.8) is 0 Å². The highest BCUT2D eigenvalue weighted by atomic mass is 79.9. The van der Waals surface area contributed by atoms with Gasteiger partial charge in [-0.15, -0.1) is 0 Å². The number of nitrogens with zero attached hydrogens (tertiary/aromatic N) is 1. The SMILES string of the molecule is CC(=NNC(=O)COc1ccc2cc(Br)ccc2c1Br)C(C)(C)C. The van der Waals surface area contributed by atoms with Crippen molar-refractivity contribution >= 4 is 54.3 Å². The number of hydrogen-bond acceptors (Lipinski definition) is 3. The number of fused-ring (bicyclic) bond motifs is 1. The number of hydrazone groups is 1. The summed E-state index contributed by atoms with van der Waals surface area (Å²) in [4.78, 5) is 11.9. The Kier molecular flexibility index (Phi) is 6.04. The molecule has 0 bridgehead atoms. The lowest BCUT2D eigenvalue weighted by atomic mass is 9.91. The Hall–Kier alpha value is -1.40. The third kappa shape index (κ3) is 4.80. The molecule has 0 aliphatic heterocycles. The number of rotatable bonds is 4. The van der Waals surface area contributed by atoms with E-state index >= 15 is 0 Å². The fourth-order valence-corrected chi connectivity index (χ4v) is 2.83. The summed E-state index contributed by atoms with van der Waals surface area (Å²) in [7, 11) is 0. The normalized spacial score (nSPS) is 12.3. The molecule has 4 nitrogen and oxygen atoms in total. The highest BCUT2D eigenvalue weighted by Gasteiger charge is 2.15. The molecule has 0 atom stereocenters. The van der Waals surface area contributed by atoms with Crippen molar-refractivity contribution in [3.05, 3.63) is 39.3 Å². The zero-order chi connectivity index (χ0) is 17.9. The van der Waals surface area contributed by atoms with Crippen LogP contribution in [-0.2, 0) is 4.79 Å². The van der Waals surface area contributed by atoms with Gasteiger partial charge in [-0.2, -0.15) is 5.10 Å². The highest BCUT2D eigenvalue weighted by molar-refractivity contribution is 9.11. The summed E-state index contributed by atoms with van der Waals surface area (Å²) in [6.07, 6.45) is 0. The van der Waals surface area contributed by atoms with Crippen molar-refractivity contribution in [1.82, 2.24) is 5.43 Å². The minimum atomic E-state index is -0.290. The number of benzene rings is 2. The van der Waals surface area contributed by atoms with E-state index in [0.29, 0.717) is 5.75 Å². The van der Waals surface area contributed by atoms with Crippen molar-refractivity contribution in [2.75, 3.05) is 6.61 Å². The van der Waals surface area contributed by atoms with Gasteiger partial charge in [-0.05, 0) is 51.8 Å². The van der Waals surface area contributed by atoms with Crippen molar-refractivity contribution in [3.8, 4) is 5.75 Å². The van der Waals surface area contributed by atoms with E-state index in [4.69, 9.17) is 4.74 Å². The van der Waals surface area contributed by atoms with E-state index in [1.807, 2.05) is 58.0 Å². The van der Waals surface area contributed by atoms with Crippen LogP contribution in [0.25, 0.3) is 10.8 Å². The molecule has 0 fully saturated rings. The molecule has 0 radical (unpaired) electrons. The van der Waals surface area contributed by atoms with E-state index in [9.17, 15) is 4.79 Å². The van der Waals surface area contributed by atoms with Crippen LogP contribution in [0.1, 0.15) is 27.7 Å². The molecule has 24 heavy (non-hydrogen) atoms. The number of amides is 1. The van der Waals surface area contributed by atoms with Gasteiger partial charge in [0.05, 0.1) is 4.47 Å². The second kappa shape index (κ2) is 7.66. The van der Waals surface area contributed by atoms with Crippen molar-refractivity contribution in [2.45, 2.75) is 27.7 Å². The fourth-order valence-electron chi connectivity index (χ4n) is 1.84. The van der Waals surface area contributed by atoms with E-state index in [1.54, 1.807) is 0 Å².